The van der Waals surface area contributed by atoms with Crippen LogP contribution in [0.2, 0.25) is 5.02 Å². The molecule has 0 fully saturated rings. The summed E-state index contributed by atoms with van der Waals surface area (Å²) in [7, 11) is 4.53. The zero-order valence-corrected chi connectivity index (χ0v) is 19.1. The van der Waals surface area contributed by atoms with Gasteiger partial charge >= 0.3 is 5.97 Å². The summed E-state index contributed by atoms with van der Waals surface area (Å²) >= 11 is 6.31. The van der Waals surface area contributed by atoms with E-state index < -0.39 is 12.0 Å². The molecule has 0 bridgehead atoms. The second-order valence-corrected chi connectivity index (χ2v) is 7.50. The third-order valence-electron chi connectivity index (χ3n) is 4.44. The van der Waals surface area contributed by atoms with Crippen LogP contribution in [0, 0.1) is 0 Å². The summed E-state index contributed by atoms with van der Waals surface area (Å²) in [5.74, 6) is 0.629. The number of ether oxygens (including phenoxy) is 4. The highest BCUT2D eigenvalue weighted by atomic mass is 35.5. The number of halogens is 1. The molecule has 1 amide bonds. The van der Waals surface area contributed by atoms with Gasteiger partial charge in [0.1, 0.15) is 0 Å². The molecule has 1 N–H and O–H groups in total. The normalized spacial score (nSPS) is 11.6. The molecule has 31 heavy (non-hydrogen) atoms. The van der Waals surface area contributed by atoms with Gasteiger partial charge in [-0.25, -0.2) is 0 Å². The highest BCUT2D eigenvalue weighted by Gasteiger charge is 2.23. The van der Waals surface area contributed by atoms with Crippen molar-refractivity contribution < 1.29 is 28.5 Å². The van der Waals surface area contributed by atoms with E-state index in [0.29, 0.717) is 33.4 Å². The molecule has 0 aromatic heterocycles. The summed E-state index contributed by atoms with van der Waals surface area (Å²) in [6, 6.07) is 9.85. The number of carbonyl (C=O) groups is 2. The molecule has 0 radical (unpaired) electrons. The minimum atomic E-state index is -0.630. The zero-order chi connectivity index (χ0) is 23.0. The number of hydrogen-bond acceptors (Lipinski definition) is 6. The third-order valence-corrected chi connectivity index (χ3v) is 4.79. The van der Waals surface area contributed by atoms with Crippen molar-refractivity contribution in [2.24, 2.45) is 0 Å². The first-order valence-corrected chi connectivity index (χ1v) is 10.2. The summed E-state index contributed by atoms with van der Waals surface area (Å²) in [6.07, 6.45) is -0.255. The van der Waals surface area contributed by atoms with E-state index in [1.807, 2.05) is 0 Å². The van der Waals surface area contributed by atoms with E-state index in [1.165, 1.54) is 21.3 Å². The first-order valence-electron chi connectivity index (χ1n) is 9.81. The number of carbonyl (C=O) groups excluding carboxylic acids is 2. The van der Waals surface area contributed by atoms with Gasteiger partial charge in [0.05, 0.1) is 46.3 Å². The average molecular weight is 450 g/mol. The first kappa shape index (κ1) is 24.3. The van der Waals surface area contributed by atoms with Gasteiger partial charge in [0.15, 0.2) is 11.5 Å². The van der Waals surface area contributed by atoms with Crippen LogP contribution >= 0.6 is 11.6 Å². The van der Waals surface area contributed by atoms with E-state index >= 15 is 0 Å². The molecular weight excluding hydrogens is 422 g/mol. The lowest BCUT2D eigenvalue weighted by molar-refractivity contribution is -0.148. The van der Waals surface area contributed by atoms with E-state index in [4.69, 9.17) is 30.5 Å². The van der Waals surface area contributed by atoms with Crippen molar-refractivity contribution >= 4 is 23.5 Å². The van der Waals surface area contributed by atoms with Crippen molar-refractivity contribution in [3.63, 3.8) is 0 Å². The number of rotatable bonds is 10. The molecule has 7 nitrogen and oxygen atoms in total. The van der Waals surface area contributed by atoms with Crippen LogP contribution in [0.15, 0.2) is 36.4 Å². The second kappa shape index (κ2) is 11.5. The monoisotopic (exact) mass is 449 g/mol. The molecule has 0 saturated heterocycles. The van der Waals surface area contributed by atoms with Gasteiger partial charge in [-0.1, -0.05) is 29.8 Å². The summed E-state index contributed by atoms with van der Waals surface area (Å²) in [5, 5.41) is 3.35. The molecule has 0 spiro atoms. The lowest BCUT2D eigenvalue weighted by atomic mass is 10.0. The number of hydrogen-bond donors (Lipinski definition) is 1. The van der Waals surface area contributed by atoms with Gasteiger partial charge in [-0.2, -0.15) is 0 Å². The Kier molecular flexibility index (Phi) is 9.00. The average Bonchev–Trinajstić information content (AvgIpc) is 2.72. The first-order chi connectivity index (χ1) is 14.8. The van der Waals surface area contributed by atoms with Gasteiger partial charge in [0, 0.05) is 5.02 Å². The van der Waals surface area contributed by atoms with Crippen molar-refractivity contribution in [3.05, 3.63) is 52.5 Å². The van der Waals surface area contributed by atoms with Crippen LogP contribution in [0.3, 0.4) is 0 Å². The van der Waals surface area contributed by atoms with Crippen molar-refractivity contribution in [1.82, 2.24) is 5.32 Å². The Bertz CT molecular complexity index is 890. The van der Waals surface area contributed by atoms with Gasteiger partial charge in [-0.05, 0) is 43.2 Å². The van der Waals surface area contributed by atoms with Crippen LogP contribution in [-0.2, 0) is 20.7 Å². The number of esters is 1. The molecule has 1 atom stereocenters. The number of amides is 1. The second-order valence-electron chi connectivity index (χ2n) is 7.09. The summed E-state index contributed by atoms with van der Waals surface area (Å²) in [4.78, 5) is 25.1. The Morgan fingerprint density at radius 3 is 2.13 bits per heavy atom. The molecule has 2 aromatic carbocycles. The summed E-state index contributed by atoms with van der Waals surface area (Å²) < 4.78 is 21.2. The van der Waals surface area contributed by atoms with Crippen molar-refractivity contribution in [2.75, 3.05) is 21.3 Å². The van der Waals surface area contributed by atoms with Crippen molar-refractivity contribution in [3.8, 4) is 17.2 Å². The number of nitrogens with one attached hydrogen (secondary N) is 1. The van der Waals surface area contributed by atoms with Crippen LogP contribution in [-0.4, -0.2) is 39.3 Å². The molecule has 2 rings (SSSR count). The minimum Gasteiger partial charge on any atom is -0.493 e. The summed E-state index contributed by atoms with van der Waals surface area (Å²) in [5.41, 5.74) is 1.30. The molecule has 0 saturated carbocycles. The van der Waals surface area contributed by atoms with Gasteiger partial charge in [-0.15, -0.1) is 0 Å². The Morgan fingerprint density at radius 2 is 1.61 bits per heavy atom. The molecule has 0 aliphatic carbocycles. The minimum absolute atomic E-state index is 0.0386. The predicted molar refractivity (Wildman–Crippen MR) is 118 cm³/mol. The van der Waals surface area contributed by atoms with Crippen molar-refractivity contribution in [1.29, 1.82) is 0 Å². The van der Waals surface area contributed by atoms with Crippen LogP contribution in [0.25, 0.3) is 0 Å². The topological polar surface area (TPSA) is 83.1 Å². The molecule has 0 heterocycles. The maximum atomic E-state index is 12.8. The van der Waals surface area contributed by atoms with E-state index in [2.05, 4.69) is 5.32 Å². The van der Waals surface area contributed by atoms with Crippen LogP contribution in [0.5, 0.6) is 17.2 Å². The molecular formula is C23H28ClNO6. The van der Waals surface area contributed by atoms with Gasteiger partial charge in [-0.3, -0.25) is 9.59 Å². The highest BCUT2D eigenvalue weighted by Crippen LogP contribution is 2.38. The highest BCUT2D eigenvalue weighted by molar-refractivity contribution is 6.31. The fraction of sp³-hybridized carbons (Fsp3) is 0.391. The SMILES string of the molecule is COc1cc(CC(=O)NC(CC(=O)OC(C)C)c2ccccc2Cl)cc(OC)c1OC. The van der Waals surface area contributed by atoms with Gasteiger partial charge in [0.2, 0.25) is 11.7 Å². The Hall–Kier alpha value is -2.93. The van der Waals surface area contributed by atoms with E-state index in [9.17, 15) is 9.59 Å². The van der Waals surface area contributed by atoms with E-state index in [1.54, 1.807) is 50.2 Å². The quantitative estimate of drug-likeness (QED) is 0.549. The Balaban J connectivity index is 2.24. The maximum absolute atomic E-state index is 12.8. The molecule has 2 aromatic rings. The van der Waals surface area contributed by atoms with E-state index in [0.717, 1.165) is 0 Å². The molecule has 0 aliphatic rings. The van der Waals surface area contributed by atoms with Crippen LogP contribution in [0.1, 0.15) is 37.4 Å². The smallest absolute Gasteiger partial charge is 0.308 e. The standard InChI is InChI=1S/C23H28ClNO6/c1-14(2)31-22(27)13-18(16-8-6-7-9-17(16)24)25-21(26)12-15-10-19(28-3)23(30-5)20(11-15)29-4/h6-11,14,18H,12-13H2,1-5H3,(H,25,26). The lowest BCUT2D eigenvalue weighted by Crippen LogP contribution is -2.32. The fourth-order valence-corrected chi connectivity index (χ4v) is 3.41. The Morgan fingerprint density at radius 1 is 1.00 bits per heavy atom. The molecule has 1 unspecified atom stereocenters. The zero-order valence-electron chi connectivity index (χ0n) is 18.4. The predicted octanol–water partition coefficient (Wildman–Crippen LogP) is 4.11. The van der Waals surface area contributed by atoms with Crippen molar-refractivity contribution in [2.45, 2.75) is 38.8 Å². The number of benzene rings is 2. The number of methoxy groups -OCH3 is 3. The lowest BCUT2D eigenvalue weighted by Gasteiger charge is -2.21. The molecule has 0 aliphatic heterocycles. The third kappa shape index (κ3) is 6.79. The molecule has 8 heteroatoms. The maximum Gasteiger partial charge on any atom is 0.308 e. The van der Waals surface area contributed by atoms with Gasteiger partial charge in [0.25, 0.3) is 0 Å². The Labute approximate surface area is 187 Å². The van der Waals surface area contributed by atoms with Crippen LogP contribution < -0.4 is 19.5 Å². The van der Waals surface area contributed by atoms with Crippen LogP contribution in [0.4, 0.5) is 0 Å². The largest absolute Gasteiger partial charge is 0.493 e. The fourth-order valence-electron chi connectivity index (χ4n) is 3.14. The summed E-state index contributed by atoms with van der Waals surface area (Å²) in [6.45, 7) is 3.54. The van der Waals surface area contributed by atoms with E-state index in [-0.39, 0.29) is 24.9 Å². The van der Waals surface area contributed by atoms with Gasteiger partial charge < -0.3 is 24.3 Å². The molecule has 168 valence electrons.